The summed E-state index contributed by atoms with van der Waals surface area (Å²) >= 11 is 0. The molecule has 1 rings (SSSR count). The number of rotatable bonds is 8. The van der Waals surface area contributed by atoms with E-state index in [2.05, 4.69) is 56.7 Å². The van der Waals surface area contributed by atoms with Crippen molar-refractivity contribution in [1.82, 2.24) is 15.3 Å². The van der Waals surface area contributed by atoms with Crippen molar-refractivity contribution in [2.24, 2.45) is 5.92 Å². The van der Waals surface area contributed by atoms with Crippen molar-refractivity contribution in [2.75, 3.05) is 24.5 Å². The van der Waals surface area contributed by atoms with Crippen LogP contribution in [-0.2, 0) is 6.54 Å². The molecule has 0 aliphatic rings. The number of hydrogen-bond acceptors (Lipinski definition) is 4. The van der Waals surface area contributed by atoms with Gasteiger partial charge in [0, 0.05) is 25.6 Å². The lowest BCUT2D eigenvalue weighted by Gasteiger charge is -2.24. The van der Waals surface area contributed by atoms with E-state index in [-0.39, 0.29) is 0 Å². The van der Waals surface area contributed by atoms with Gasteiger partial charge in [0.25, 0.3) is 0 Å². The van der Waals surface area contributed by atoms with E-state index in [1.54, 1.807) is 0 Å². The van der Waals surface area contributed by atoms with Gasteiger partial charge in [-0.3, -0.25) is 0 Å². The molecule has 114 valence electrons. The summed E-state index contributed by atoms with van der Waals surface area (Å²) in [6.07, 6.45) is 1.99. The first-order valence-corrected chi connectivity index (χ1v) is 7.80. The second kappa shape index (κ2) is 8.20. The summed E-state index contributed by atoms with van der Waals surface area (Å²) in [7, 11) is 0. The molecule has 0 fully saturated rings. The smallest absolute Gasteiger partial charge is 0.131 e. The molecule has 0 spiro atoms. The second-order valence-electron chi connectivity index (χ2n) is 5.91. The van der Waals surface area contributed by atoms with Crippen LogP contribution in [0.25, 0.3) is 0 Å². The maximum absolute atomic E-state index is 4.77. The second-order valence-corrected chi connectivity index (χ2v) is 5.91. The van der Waals surface area contributed by atoms with Gasteiger partial charge in [-0.05, 0) is 26.3 Å². The summed E-state index contributed by atoms with van der Waals surface area (Å²) in [5.41, 5.74) is 2.28. The fraction of sp³-hybridized carbons (Fsp3) is 0.750. The van der Waals surface area contributed by atoms with Crippen LogP contribution in [0.4, 0.5) is 5.69 Å². The van der Waals surface area contributed by atoms with Gasteiger partial charge in [0.15, 0.2) is 0 Å². The molecule has 0 amide bonds. The van der Waals surface area contributed by atoms with Gasteiger partial charge in [-0.2, -0.15) is 0 Å². The van der Waals surface area contributed by atoms with Gasteiger partial charge in [0.1, 0.15) is 5.82 Å². The third-order valence-corrected chi connectivity index (χ3v) is 3.33. The Morgan fingerprint density at radius 3 is 2.30 bits per heavy atom. The fourth-order valence-electron chi connectivity index (χ4n) is 2.14. The van der Waals surface area contributed by atoms with E-state index in [1.165, 1.54) is 0 Å². The summed E-state index contributed by atoms with van der Waals surface area (Å²) in [6, 6.07) is 0. The summed E-state index contributed by atoms with van der Waals surface area (Å²) < 4.78 is 0. The monoisotopic (exact) mass is 278 g/mol. The summed E-state index contributed by atoms with van der Waals surface area (Å²) in [5.74, 6) is 1.95. The Hall–Kier alpha value is -1.16. The first kappa shape index (κ1) is 16.9. The van der Waals surface area contributed by atoms with Crippen LogP contribution in [0.2, 0.25) is 0 Å². The number of hydrogen-bond donors (Lipinski definition) is 1. The third-order valence-electron chi connectivity index (χ3n) is 3.33. The molecule has 0 aliphatic heterocycles. The van der Waals surface area contributed by atoms with Gasteiger partial charge in [-0.25, -0.2) is 9.97 Å². The van der Waals surface area contributed by atoms with Crippen LogP contribution >= 0.6 is 0 Å². The average molecular weight is 278 g/mol. The van der Waals surface area contributed by atoms with Crippen molar-refractivity contribution in [3.63, 3.8) is 0 Å². The molecule has 4 nitrogen and oxygen atoms in total. The molecule has 0 atom stereocenters. The van der Waals surface area contributed by atoms with Gasteiger partial charge in [0.05, 0.1) is 17.6 Å². The molecule has 0 radical (unpaired) electrons. The molecule has 4 heteroatoms. The van der Waals surface area contributed by atoms with Gasteiger partial charge in [-0.15, -0.1) is 0 Å². The Bertz CT molecular complexity index is 397. The first-order valence-electron chi connectivity index (χ1n) is 7.80. The molecule has 0 unspecified atom stereocenters. The van der Waals surface area contributed by atoms with Crippen LogP contribution in [0, 0.1) is 5.92 Å². The molecule has 1 N–H and O–H groups in total. The van der Waals surface area contributed by atoms with Crippen LogP contribution in [0.5, 0.6) is 0 Å². The average Bonchev–Trinajstić information content (AvgIpc) is 2.40. The SMILES string of the molecule is CCN(CC)c1cnc(C(C)C)nc1CNCC(C)C. The minimum atomic E-state index is 0.365. The van der Waals surface area contributed by atoms with E-state index >= 15 is 0 Å². The Morgan fingerprint density at radius 2 is 1.80 bits per heavy atom. The van der Waals surface area contributed by atoms with Crippen molar-refractivity contribution in [1.29, 1.82) is 0 Å². The molecule has 1 heterocycles. The molecule has 0 aromatic carbocycles. The van der Waals surface area contributed by atoms with Crippen molar-refractivity contribution in [3.05, 3.63) is 17.7 Å². The molecular formula is C16H30N4. The standard InChI is InChI=1S/C16H30N4/c1-7-20(8-2)15-11-18-16(13(5)6)19-14(15)10-17-9-12(3)4/h11-13,17H,7-10H2,1-6H3. The van der Waals surface area contributed by atoms with Crippen LogP contribution in [0.3, 0.4) is 0 Å². The van der Waals surface area contributed by atoms with Crippen LogP contribution in [-0.4, -0.2) is 29.6 Å². The quantitative estimate of drug-likeness (QED) is 0.793. The predicted octanol–water partition coefficient (Wildman–Crippen LogP) is 3.19. The maximum Gasteiger partial charge on any atom is 0.131 e. The summed E-state index contributed by atoms with van der Waals surface area (Å²) in [6.45, 7) is 16.8. The topological polar surface area (TPSA) is 41.1 Å². The zero-order valence-corrected chi connectivity index (χ0v) is 13.9. The normalized spacial score (nSPS) is 11.4. The minimum Gasteiger partial charge on any atom is -0.369 e. The van der Waals surface area contributed by atoms with Gasteiger partial charge in [0.2, 0.25) is 0 Å². The minimum absolute atomic E-state index is 0.365. The number of nitrogens with one attached hydrogen (secondary N) is 1. The molecule has 0 saturated heterocycles. The lowest BCUT2D eigenvalue weighted by atomic mass is 10.2. The van der Waals surface area contributed by atoms with Crippen LogP contribution in [0.1, 0.15) is 59.0 Å². The van der Waals surface area contributed by atoms with E-state index in [9.17, 15) is 0 Å². The van der Waals surface area contributed by atoms with E-state index in [0.717, 1.165) is 43.4 Å². The Kier molecular flexibility index (Phi) is 6.93. The van der Waals surface area contributed by atoms with Gasteiger partial charge >= 0.3 is 0 Å². The van der Waals surface area contributed by atoms with Crippen molar-refractivity contribution >= 4 is 5.69 Å². The number of anilines is 1. The molecule has 0 bridgehead atoms. The lowest BCUT2D eigenvalue weighted by Crippen LogP contribution is -2.27. The highest BCUT2D eigenvalue weighted by atomic mass is 15.1. The highest BCUT2D eigenvalue weighted by Gasteiger charge is 2.13. The molecular weight excluding hydrogens is 248 g/mol. The fourth-order valence-corrected chi connectivity index (χ4v) is 2.14. The van der Waals surface area contributed by atoms with Crippen LogP contribution < -0.4 is 10.2 Å². The highest BCUT2D eigenvalue weighted by Crippen LogP contribution is 2.20. The van der Waals surface area contributed by atoms with Gasteiger partial charge < -0.3 is 10.2 Å². The third kappa shape index (κ3) is 4.75. The Labute approximate surface area is 124 Å². The van der Waals surface area contributed by atoms with E-state index in [4.69, 9.17) is 4.98 Å². The molecule has 20 heavy (non-hydrogen) atoms. The van der Waals surface area contributed by atoms with Crippen LogP contribution in [0.15, 0.2) is 6.20 Å². The zero-order chi connectivity index (χ0) is 15.1. The molecule has 1 aromatic rings. The first-order chi connectivity index (χ1) is 9.49. The Balaban J connectivity index is 2.96. The zero-order valence-electron chi connectivity index (χ0n) is 13.9. The number of aromatic nitrogens is 2. The number of nitrogens with zero attached hydrogens (tertiary/aromatic N) is 3. The Morgan fingerprint density at radius 1 is 1.15 bits per heavy atom. The maximum atomic E-state index is 4.77. The predicted molar refractivity (Wildman–Crippen MR) is 86.2 cm³/mol. The van der Waals surface area contributed by atoms with E-state index in [0.29, 0.717) is 11.8 Å². The van der Waals surface area contributed by atoms with E-state index in [1.807, 2.05) is 6.20 Å². The van der Waals surface area contributed by atoms with Crippen molar-refractivity contribution in [3.8, 4) is 0 Å². The summed E-state index contributed by atoms with van der Waals surface area (Å²) in [5, 5.41) is 3.49. The molecule has 0 aliphatic carbocycles. The lowest BCUT2D eigenvalue weighted by molar-refractivity contribution is 0.545. The van der Waals surface area contributed by atoms with Crippen molar-refractivity contribution in [2.45, 2.75) is 54.0 Å². The molecule has 0 saturated carbocycles. The molecule has 1 aromatic heterocycles. The highest BCUT2D eigenvalue weighted by molar-refractivity contribution is 5.49. The van der Waals surface area contributed by atoms with E-state index < -0.39 is 0 Å². The van der Waals surface area contributed by atoms with Crippen molar-refractivity contribution < 1.29 is 0 Å². The van der Waals surface area contributed by atoms with Gasteiger partial charge in [-0.1, -0.05) is 27.7 Å². The summed E-state index contributed by atoms with van der Waals surface area (Å²) in [4.78, 5) is 11.6. The largest absolute Gasteiger partial charge is 0.369 e.